The SMILES string of the molecule is O=C(/C=C/c1ccco1)N1CCN(c2ccnc(N3CCCC3)n2)CC1. The lowest BCUT2D eigenvalue weighted by molar-refractivity contribution is -0.126. The van der Waals surface area contributed by atoms with E-state index in [0.717, 1.165) is 37.9 Å². The van der Waals surface area contributed by atoms with E-state index < -0.39 is 0 Å². The summed E-state index contributed by atoms with van der Waals surface area (Å²) >= 11 is 0. The van der Waals surface area contributed by atoms with Gasteiger partial charge in [0.25, 0.3) is 0 Å². The fourth-order valence-corrected chi connectivity index (χ4v) is 3.39. The molecule has 0 atom stereocenters. The Morgan fingerprint density at radius 1 is 1.04 bits per heavy atom. The lowest BCUT2D eigenvalue weighted by Gasteiger charge is -2.35. The Bertz CT molecular complexity index is 760. The second kappa shape index (κ2) is 7.59. The topological polar surface area (TPSA) is 65.7 Å². The highest BCUT2D eigenvalue weighted by Gasteiger charge is 2.22. The van der Waals surface area contributed by atoms with Crippen molar-refractivity contribution in [3.05, 3.63) is 42.5 Å². The second-order valence-electron chi connectivity index (χ2n) is 6.57. The van der Waals surface area contributed by atoms with Crippen LogP contribution < -0.4 is 9.80 Å². The molecular formula is C19H23N5O2. The van der Waals surface area contributed by atoms with E-state index in [1.807, 2.05) is 23.2 Å². The summed E-state index contributed by atoms with van der Waals surface area (Å²) in [5.41, 5.74) is 0. The Morgan fingerprint density at radius 3 is 2.58 bits per heavy atom. The fraction of sp³-hybridized carbons (Fsp3) is 0.421. The van der Waals surface area contributed by atoms with E-state index in [2.05, 4.69) is 14.8 Å². The van der Waals surface area contributed by atoms with Crippen molar-refractivity contribution in [2.75, 3.05) is 49.1 Å². The number of piperazine rings is 1. The molecule has 0 bridgehead atoms. The van der Waals surface area contributed by atoms with E-state index >= 15 is 0 Å². The number of hydrogen-bond acceptors (Lipinski definition) is 6. The van der Waals surface area contributed by atoms with Crippen molar-refractivity contribution in [3.63, 3.8) is 0 Å². The summed E-state index contributed by atoms with van der Waals surface area (Å²) < 4.78 is 5.22. The van der Waals surface area contributed by atoms with Gasteiger partial charge in [0.2, 0.25) is 11.9 Å². The van der Waals surface area contributed by atoms with Gasteiger partial charge >= 0.3 is 0 Å². The van der Waals surface area contributed by atoms with Crippen LogP contribution in [0, 0.1) is 0 Å². The molecule has 4 heterocycles. The lowest BCUT2D eigenvalue weighted by atomic mass is 10.3. The van der Waals surface area contributed by atoms with Crippen LogP contribution in [-0.2, 0) is 4.79 Å². The molecular weight excluding hydrogens is 330 g/mol. The van der Waals surface area contributed by atoms with E-state index in [1.165, 1.54) is 12.8 Å². The van der Waals surface area contributed by atoms with Crippen LogP contribution in [0.15, 0.2) is 41.2 Å². The quantitative estimate of drug-likeness (QED) is 0.784. The normalized spacial score (nSPS) is 18.1. The Hall–Kier alpha value is -2.83. The number of aromatic nitrogens is 2. The first-order valence-electron chi connectivity index (χ1n) is 9.13. The summed E-state index contributed by atoms with van der Waals surface area (Å²) in [4.78, 5) is 27.8. The number of nitrogens with zero attached hydrogens (tertiary/aromatic N) is 5. The summed E-state index contributed by atoms with van der Waals surface area (Å²) in [6.07, 6.45) is 9.13. The highest BCUT2D eigenvalue weighted by atomic mass is 16.3. The molecule has 2 aromatic heterocycles. The third-order valence-electron chi connectivity index (χ3n) is 4.87. The van der Waals surface area contributed by atoms with Gasteiger partial charge < -0.3 is 19.1 Å². The second-order valence-corrected chi connectivity index (χ2v) is 6.57. The van der Waals surface area contributed by atoms with Crippen molar-refractivity contribution >= 4 is 23.7 Å². The number of rotatable bonds is 4. The Kier molecular flexibility index (Phi) is 4.86. The highest BCUT2D eigenvalue weighted by Crippen LogP contribution is 2.20. The van der Waals surface area contributed by atoms with Gasteiger partial charge in [-0.25, -0.2) is 4.98 Å². The van der Waals surface area contributed by atoms with Gasteiger partial charge in [-0.2, -0.15) is 4.98 Å². The third kappa shape index (κ3) is 3.71. The molecule has 0 saturated carbocycles. The van der Waals surface area contributed by atoms with Crippen LogP contribution in [0.1, 0.15) is 18.6 Å². The standard InChI is InChI=1S/C19H23N5O2/c25-18(6-5-16-4-3-15-26-16)23-13-11-22(12-14-23)17-7-8-20-19(21-17)24-9-1-2-10-24/h3-8,15H,1-2,9-14H2/b6-5+. The number of furan rings is 1. The van der Waals surface area contributed by atoms with E-state index in [4.69, 9.17) is 9.40 Å². The minimum atomic E-state index is 0.0153. The predicted molar refractivity (Wildman–Crippen MR) is 100 cm³/mol. The van der Waals surface area contributed by atoms with Crippen LogP contribution in [0.2, 0.25) is 0 Å². The first-order valence-corrected chi connectivity index (χ1v) is 9.13. The maximum absolute atomic E-state index is 12.3. The van der Waals surface area contributed by atoms with Gasteiger partial charge in [0.05, 0.1) is 6.26 Å². The minimum absolute atomic E-state index is 0.0153. The monoisotopic (exact) mass is 353 g/mol. The van der Waals surface area contributed by atoms with Crippen LogP contribution in [0.25, 0.3) is 6.08 Å². The molecule has 26 heavy (non-hydrogen) atoms. The summed E-state index contributed by atoms with van der Waals surface area (Å²) in [6, 6.07) is 5.59. The van der Waals surface area contributed by atoms with Gasteiger partial charge in [-0.3, -0.25) is 4.79 Å². The zero-order chi connectivity index (χ0) is 17.8. The van der Waals surface area contributed by atoms with Gasteiger partial charge in [-0.05, 0) is 37.1 Å². The summed E-state index contributed by atoms with van der Waals surface area (Å²) in [7, 11) is 0. The Morgan fingerprint density at radius 2 is 1.85 bits per heavy atom. The molecule has 0 spiro atoms. The Balaban J connectivity index is 1.34. The summed E-state index contributed by atoms with van der Waals surface area (Å²) in [6.45, 7) is 4.99. The molecule has 7 nitrogen and oxygen atoms in total. The van der Waals surface area contributed by atoms with Gasteiger partial charge in [-0.15, -0.1) is 0 Å². The van der Waals surface area contributed by atoms with E-state index in [0.29, 0.717) is 18.8 Å². The number of anilines is 2. The van der Waals surface area contributed by atoms with Crippen molar-refractivity contribution in [3.8, 4) is 0 Å². The third-order valence-corrected chi connectivity index (χ3v) is 4.87. The van der Waals surface area contributed by atoms with Crippen molar-refractivity contribution in [1.29, 1.82) is 0 Å². The van der Waals surface area contributed by atoms with Crippen molar-refractivity contribution in [2.45, 2.75) is 12.8 Å². The van der Waals surface area contributed by atoms with Crippen molar-refractivity contribution in [2.24, 2.45) is 0 Å². The van der Waals surface area contributed by atoms with E-state index in [-0.39, 0.29) is 5.91 Å². The zero-order valence-corrected chi connectivity index (χ0v) is 14.8. The Labute approximate surface area is 152 Å². The van der Waals surface area contributed by atoms with Gasteiger partial charge in [0.1, 0.15) is 11.6 Å². The first kappa shape index (κ1) is 16.6. The molecule has 0 aliphatic carbocycles. The molecule has 7 heteroatoms. The van der Waals surface area contributed by atoms with Crippen LogP contribution >= 0.6 is 0 Å². The number of hydrogen-bond donors (Lipinski definition) is 0. The van der Waals surface area contributed by atoms with E-state index in [9.17, 15) is 4.79 Å². The average molecular weight is 353 g/mol. The fourth-order valence-electron chi connectivity index (χ4n) is 3.39. The van der Waals surface area contributed by atoms with Gasteiger partial charge in [0.15, 0.2) is 0 Å². The molecule has 0 N–H and O–H groups in total. The maximum Gasteiger partial charge on any atom is 0.246 e. The predicted octanol–water partition coefficient (Wildman–Crippen LogP) is 2.03. The molecule has 2 aliphatic heterocycles. The molecule has 4 rings (SSSR count). The molecule has 2 fully saturated rings. The van der Waals surface area contributed by atoms with Crippen LogP contribution in [-0.4, -0.2) is 60.0 Å². The smallest absolute Gasteiger partial charge is 0.246 e. The van der Waals surface area contributed by atoms with Crippen LogP contribution in [0.5, 0.6) is 0 Å². The number of amides is 1. The zero-order valence-electron chi connectivity index (χ0n) is 14.8. The average Bonchev–Trinajstić information content (AvgIpc) is 3.40. The molecule has 2 saturated heterocycles. The summed E-state index contributed by atoms with van der Waals surface area (Å²) in [5, 5.41) is 0. The van der Waals surface area contributed by atoms with E-state index in [1.54, 1.807) is 24.5 Å². The molecule has 2 aromatic rings. The molecule has 0 aromatic carbocycles. The molecule has 136 valence electrons. The largest absolute Gasteiger partial charge is 0.465 e. The minimum Gasteiger partial charge on any atom is -0.465 e. The molecule has 1 amide bonds. The lowest BCUT2D eigenvalue weighted by Crippen LogP contribution is -2.48. The number of carbonyl (C=O) groups is 1. The number of carbonyl (C=O) groups excluding carboxylic acids is 1. The first-order chi connectivity index (χ1) is 12.8. The van der Waals surface area contributed by atoms with Crippen molar-refractivity contribution < 1.29 is 9.21 Å². The molecule has 0 radical (unpaired) electrons. The molecule has 0 unspecified atom stereocenters. The van der Waals surface area contributed by atoms with Crippen molar-refractivity contribution in [1.82, 2.24) is 14.9 Å². The van der Waals surface area contributed by atoms with Gasteiger partial charge in [-0.1, -0.05) is 0 Å². The van der Waals surface area contributed by atoms with Gasteiger partial charge in [0, 0.05) is 51.5 Å². The van der Waals surface area contributed by atoms with Crippen LogP contribution in [0.4, 0.5) is 11.8 Å². The maximum atomic E-state index is 12.3. The molecule has 2 aliphatic rings. The van der Waals surface area contributed by atoms with Crippen LogP contribution in [0.3, 0.4) is 0 Å². The summed E-state index contributed by atoms with van der Waals surface area (Å²) in [5.74, 6) is 2.47. The highest BCUT2D eigenvalue weighted by molar-refractivity contribution is 5.91.